The smallest absolute Gasteiger partial charge is 0.229 e. The van der Waals surface area contributed by atoms with Gasteiger partial charge in [-0.25, -0.2) is 0 Å². The van der Waals surface area contributed by atoms with Crippen LogP contribution in [0.15, 0.2) is 30.3 Å². The second kappa shape index (κ2) is 5.74. The van der Waals surface area contributed by atoms with Gasteiger partial charge in [0, 0.05) is 13.6 Å². The number of carbonyl (C=O) groups excluding carboxylic acids is 1. The number of likely N-dealkylation sites (N-methyl/N-ethyl adjacent to an activating group) is 1. The third kappa shape index (κ3) is 3.35. The Morgan fingerprint density at radius 2 is 1.89 bits per heavy atom. The largest absolute Gasteiger partial charge is 0.388 e. The van der Waals surface area contributed by atoms with Crippen molar-refractivity contribution >= 4 is 5.91 Å². The van der Waals surface area contributed by atoms with Crippen molar-refractivity contribution in [2.75, 3.05) is 13.6 Å². The summed E-state index contributed by atoms with van der Waals surface area (Å²) in [7, 11) is 1.79. The van der Waals surface area contributed by atoms with Gasteiger partial charge >= 0.3 is 0 Å². The highest BCUT2D eigenvalue weighted by atomic mass is 16.3. The monoisotopic (exact) mass is 261 g/mol. The van der Waals surface area contributed by atoms with Crippen molar-refractivity contribution < 1.29 is 9.90 Å². The molecule has 1 amide bonds. The molecule has 3 nitrogen and oxygen atoms in total. The van der Waals surface area contributed by atoms with Gasteiger partial charge < -0.3 is 10.0 Å². The van der Waals surface area contributed by atoms with E-state index >= 15 is 0 Å². The molecule has 0 radical (unpaired) electrons. The Hall–Kier alpha value is -1.35. The zero-order valence-corrected chi connectivity index (χ0v) is 11.8. The summed E-state index contributed by atoms with van der Waals surface area (Å²) in [6.45, 7) is 2.37. The molecular weight excluding hydrogens is 238 g/mol. The van der Waals surface area contributed by atoms with E-state index in [1.807, 2.05) is 37.3 Å². The van der Waals surface area contributed by atoms with E-state index in [4.69, 9.17) is 0 Å². The summed E-state index contributed by atoms with van der Waals surface area (Å²) in [5, 5.41) is 10.4. The van der Waals surface area contributed by atoms with Gasteiger partial charge in [-0.2, -0.15) is 0 Å². The summed E-state index contributed by atoms with van der Waals surface area (Å²) >= 11 is 0. The van der Waals surface area contributed by atoms with E-state index in [9.17, 15) is 9.90 Å². The minimum atomic E-state index is -0.666. The van der Waals surface area contributed by atoms with Crippen LogP contribution in [0.2, 0.25) is 0 Å². The zero-order valence-electron chi connectivity index (χ0n) is 11.8. The number of amides is 1. The number of nitrogens with zero attached hydrogens (tertiary/aromatic N) is 1. The van der Waals surface area contributed by atoms with Crippen LogP contribution in [0.1, 0.15) is 44.1 Å². The Kier molecular flexibility index (Phi) is 4.25. The Bertz CT molecular complexity index is 424. The molecule has 1 fully saturated rings. The highest BCUT2D eigenvalue weighted by Gasteiger charge is 2.34. The van der Waals surface area contributed by atoms with Gasteiger partial charge in [0.2, 0.25) is 5.91 Å². The van der Waals surface area contributed by atoms with Crippen molar-refractivity contribution in [1.82, 2.24) is 4.90 Å². The maximum absolute atomic E-state index is 12.4. The molecule has 104 valence electrons. The van der Waals surface area contributed by atoms with Gasteiger partial charge in [-0.1, -0.05) is 43.2 Å². The highest BCUT2D eigenvalue weighted by Crippen LogP contribution is 2.30. The normalized spacial score (nSPS) is 19.1. The average Bonchev–Trinajstić information content (AvgIpc) is 2.84. The molecule has 0 aromatic heterocycles. The van der Waals surface area contributed by atoms with Crippen LogP contribution < -0.4 is 0 Å². The lowest BCUT2D eigenvalue weighted by molar-refractivity contribution is -0.134. The van der Waals surface area contributed by atoms with E-state index in [1.165, 1.54) is 0 Å². The maximum atomic E-state index is 12.4. The third-order valence-electron chi connectivity index (χ3n) is 4.11. The van der Waals surface area contributed by atoms with Crippen LogP contribution in [0.25, 0.3) is 0 Å². The Labute approximate surface area is 115 Å². The molecule has 1 saturated carbocycles. The fourth-order valence-electron chi connectivity index (χ4n) is 2.93. The average molecular weight is 261 g/mol. The van der Waals surface area contributed by atoms with Gasteiger partial charge in [0.1, 0.15) is 0 Å². The molecule has 0 heterocycles. The van der Waals surface area contributed by atoms with Gasteiger partial charge in [0.15, 0.2) is 0 Å². The molecule has 1 aliphatic rings. The summed E-state index contributed by atoms with van der Waals surface area (Å²) in [5.41, 5.74) is 0.360. The first kappa shape index (κ1) is 14.1. The van der Waals surface area contributed by atoms with Crippen molar-refractivity contribution in [2.45, 2.75) is 44.1 Å². The number of benzene rings is 1. The molecule has 19 heavy (non-hydrogen) atoms. The lowest BCUT2D eigenvalue weighted by Gasteiger charge is -2.30. The predicted molar refractivity (Wildman–Crippen MR) is 75.9 cm³/mol. The second-order valence-corrected chi connectivity index (χ2v) is 5.76. The van der Waals surface area contributed by atoms with Crippen molar-refractivity contribution in [3.8, 4) is 0 Å². The molecule has 1 unspecified atom stereocenters. The number of carbonyl (C=O) groups is 1. The number of aliphatic hydroxyl groups is 1. The van der Waals surface area contributed by atoms with Crippen LogP contribution in [0.5, 0.6) is 0 Å². The molecule has 0 saturated heterocycles. The highest BCUT2D eigenvalue weighted by molar-refractivity contribution is 5.83. The number of rotatable bonds is 4. The summed E-state index contributed by atoms with van der Waals surface area (Å²) in [6, 6.07) is 9.79. The van der Waals surface area contributed by atoms with E-state index in [0.29, 0.717) is 6.54 Å². The first-order valence-electron chi connectivity index (χ1n) is 7.04. The van der Waals surface area contributed by atoms with Gasteiger partial charge in [0.05, 0.1) is 11.5 Å². The zero-order chi connectivity index (χ0) is 13.9. The first-order chi connectivity index (χ1) is 9.02. The molecular formula is C16H23NO2. The molecule has 1 aliphatic carbocycles. The van der Waals surface area contributed by atoms with Crippen molar-refractivity contribution in [1.29, 1.82) is 0 Å². The quantitative estimate of drug-likeness (QED) is 0.905. The lowest BCUT2D eigenvalue weighted by Crippen LogP contribution is -2.43. The van der Waals surface area contributed by atoms with E-state index in [1.54, 1.807) is 11.9 Å². The SMILES string of the molecule is CC(C(=O)N(C)CC1(O)CCCC1)c1ccccc1. The predicted octanol–water partition coefficient (Wildman–Crippen LogP) is 2.55. The Morgan fingerprint density at radius 3 is 2.47 bits per heavy atom. The fourth-order valence-corrected chi connectivity index (χ4v) is 2.93. The van der Waals surface area contributed by atoms with E-state index in [-0.39, 0.29) is 11.8 Å². The fraction of sp³-hybridized carbons (Fsp3) is 0.562. The van der Waals surface area contributed by atoms with Crippen LogP contribution in [0.4, 0.5) is 0 Å². The van der Waals surface area contributed by atoms with Crippen molar-refractivity contribution in [3.63, 3.8) is 0 Å². The van der Waals surface area contributed by atoms with Gasteiger partial charge in [0.25, 0.3) is 0 Å². The standard InChI is InChI=1S/C16H23NO2/c1-13(14-8-4-3-5-9-14)15(18)17(2)12-16(19)10-6-7-11-16/h3-5,8-9,13,19H,6-7,10-12H2,1-2H3. The van der Waals surface area contributed by atoms with Gasteiger partial charge in [-0.3, -0.25) is 4.79 Å². The van der Waals surface area contributed by atoms with Crippen LogP contribution in [-0.2, 0) is 4.79 Å². The van der Waals surface area contributed by atoms with Crippen LogP contribution in [-0.4, -0.2) is 35.1 Å². The molecule has 0 bridgehead atoms. The third-order valence-corrected chi connectivity index (χ3v) is 4.11. The maximum Gasteiger partial charge on any atom is 0.229 e. The summed E-state index contributed by atoms with van der Waals surface area (Å²) in [4.78, 5) is 14.1. The van der Waals surface area contributed by atoms with Crippen LogP contribution in [0.3, 0.4) is 0 Å². The van der Waals surface area contributed by atoms with Crippen molar-refractivity contribution in [3.05, 3.63) is 35.9 Å². The minimum absolute atomic E-state index is 0.0755. The van der Waals surface area contributed by atoms with Crippen LogP contribution >= 0.6 is 0 Å². The Balaban J connectivity index is 1.99. The van der Waals surface area contributed by atoms with Gasteiger partial charge in [-0.05, 0) is 25.3 Å². The van der Waals surface area contributed by atoms with Gasteiger partial charge in [-0.15, -0.1) is 0 Å². The minimum Gasteiger partial charge on any atom is -0.388 e. The molecule has 1 aromatic rings. The summed E-state index contributed by atoms with van der Waals surface area (Å²) < 4.78 is 0. The molecule has 1 atom stereocenters. The first-order valence-corrected chi connectivity index (χ1v) is 7.04. The second-order valence-electron chi connectivity index (χ2n) is 5.76. The molecule has 0 spiro atoms. The topological polar surface area (TPSA) is 40.5 Å². The number of hydrogen-bond donors (Lipinski definition) is 1. The molecule has 1 aromatic carbocycles. The van der Waals surface area contributed by atoms with Crippen molar-refractivity contribution in [2.24, 2.45) is 0 Å². The van der Waals surface area contributed by atoms with Crippen LogP contribution in [0, 0.1) is 0 Å². The number of hydrogen-bond acceptors (Lipinski definition) is 2. The molecule has 2 rings (SSSR count). The lowest BCUT2D eigenvalue weighted by atomic mass is 9.97. The Morgan fingerprint density at radius 1 is 1.32 bits per heavy atom. The molecule has 1 N–H and O–H groups in total. The summed E-state index contributed by atoms with van der Waals surface area (Å²) in [5.74, 6) is -0.0808. The van der Waals surface area contributed by atoms with E-state index in [2.05, 4.69) is 0 Å². The van der Waals surface area contributed by atoms with E-state index < -0.39 is 5.60 Å². The molecule has 0 aliphatic heterocycles. The summed E-state index contributed by atoms with van der Waals surface area (Å²) in [6.07, 6.45) is 3.74. The van der Waals surface area contributed by atoms with E-state index in [0.717, 1.165) is 31.2 Å². The molecule has 3 heteroatoms.